The van der Waals surface area contributed by atoms with Gasteiger partial charge in [0.2, 0.25) is 0 Å². The number of halogens is 1. The zero-order valence-electron chi connectivity index (χ0n) is 26.1. The Morgan fingerprint density at radius 2 is 1.60 bits per heavy atom. The van der Waals surface area contributed by atoms with E-state index in [0.717, 1.165) is 50.5 Å². The van der Waals surface area contributed by atoms with Gasteiger partial charge in [-0.3, -0.25) is 14.4 Å². The van der Waals surface area contributed by atoms with Crippen LogP contribution in [0.15, 0.2) is 11.6 Å². The number of hydrogen-bond acceptors (Lipinski definition) is 5. The number of nitrogens with zero attached hydrogens (tertiary/aromatic N) is 1. The number of allylic oxidation sites excluding steroid dienone is 2. The van der Waals surface area contributed by atoms with Gasteiger partial charge in [0.15, 0.2) is 11.6 Å². The number of ether oxygens (including phenoxy) is 1. The molecule has 0 aromatic heterocycles. The Hall–Kier alpha value is -1.48. The highest BCUT2D eigenvalue weighted by molar-refractivity contribution is 9.09. The molecule has 5 aliphatic carbocycles. The molecule has 0 heterocycles. The molecule has 5 aliphatic rings. The molecule has 0 bridgehead atoms. The molecular weight excluding hydrogens is 566 g/mol. The Morgan fingerprint density at radius 1 is 0.975 bits per heavy atom. The highest BCUT2D eigenvalue weighted by Gasteiger charge is 2.75. The monoisotopic (exact) mass is 613 g/mol. The third-order valence-corrected chi connectivity index (χ3v) is 14.8. The molecule has 6 heteroatoms. The Bertz CT molecular complexity index is 1260. The molecule has 4 fully saturated rings. The summed E-state index contributed by atoms with van der Waals surface area (Å²) in [6.45, 7) is 17.7. The van der Waals surface area contributed by atoms with Gasteiger partial charge < -0.3 is 4.74 Å². The second-order valence-electron chi connectivity index (χ2n) is 16.5. The molecule has 5 nitrogen and oxygen atoms in total. The molecule has 0 radical (unpaired) electrons. The summed E-state index contributed by atoms with van der Waals surface area (Å²) in [4.78, 5) is 42.2. The number of carbonyl (C=O) groups excluding carboxylic acids is 3. The van der Waals surface area contributed by atoms with E-state index >= 15 is 0 Å². The molecule has 0 amide bonds. The summed E-state index contributed by atoms with van der Waals surface area (Å²) in [7, 11) is 1.49. The van der Waals surface area contributed by atoms with Gasteiger partial charge in [-0.05, 0) is 90.4 Å². The van der Waals surface area contributed by atoms with Crippen LogP contribution in [0.2, 0.25) is 0 Å². The maximum Gasteiger partial charge on any atom is 0.312 e. The lowest BCUT2D eigenvalue weighted by molar-refractivity contribution is -0.220. The summed E-state index contributed by atoms with van der Waals surface area (Å²) in [6, 6.07) is 2.43. The Labute approximate surface area is 249 Å². The van der Waals surface area contributed by atoms with Crippen LogP contribution < -0.4 is 0 Å². The third kappa shape index (κ3) is 3.28. The fraction of sp³-hybridized carbons (Fsp3) is 0.824. The maximum atomic E-state index is 14.7. The van der Waals surface area contributed by atoms with Gasteiger partial charge in [0.25, 0.3) is 0 Å². The highest BCUT2D eigenvalue weighted by Crippen LogP contribution is 2.78. The minimum Gasteiger partial charge on any atom is -0.469 e. The molecule has 0 aromatic carbocycles. The van der Waals surface area contributed by atoms with Crippen LogP contribution in [-0.2, 0) is 19.1 Å². The predicted octanol–water partition coefficient (Wildman–Crippen LogP) is 7.61. The van der Waals surface area contributed by atoms with Gasteiger partial charge >= 0.3 is 5.97 Å². The van der Waals surface area contributed by atoms with Crippen LogP contribution >= 0.6 is 15.9 Å². The molecule has 0 saturated heterocycles. The Balaban J connectivity index is 1.73. The van der Waals surface area contributed by atoms with E-state index in [9.17, 15) is 19.6 Å². The minimum absolute atomic E-state index is 0.0229. The number of ketones is 2. The molecule has 8 atom stereocenters. The van der Waals surface area contributed by atoms with Gasteiger partial charge in [-0.25, -0.2) is 0 Å². The van der Waals surface area contributed by atoms with E-state index in [2.05, 4.69) is 63.5 Å². The lowest BCUT2D eigenvalue weighted by Crippen LogP contribution is -2.70. The molecule has 5 rings (SSSR count). The maximum absolute atomic E-state index is 14.7. The molecule has 0 N–H and O–H groups in total. The number of rotatable bonds is 2. The van der Waals surface area contributed by atoms with E-state index in [1.165, 1.54) is 7.11 Å². The first kappa shape index (κ1) is 30.0. The molecule has 220 valence electrons. The zero-order valence-corrected chi connectivity index (χ0v) is 27.6. The summed E-state index contributed by atoms with van der Waals surface area (Å²) in [5.41, 5.74) is -2.91. The summed E-state index contributed by atoms with van der Waals surface area (Å²) in [5.74, 6) is -0.241. The normalized spacial score (nSPS) is 48.9. The third-order valence-electron chi connectivity index (χ3n) is 13.8. The van der Waals surface area contributed by atoms with Crippen molar-refractivity contribution in [3.8, 4) is 6.07 Å². The lowest BCUT2D eigenvalue weighted by Gasteiger charge is -2.72. The minimum atomic E-state index is -1.12. The molecule has 0 aliphatic heterocycles. The standard InChI is InChI=1S/C34H48BrNO4/c1-27(2)12-14-34(26(39)40-9)15-13-31(7)24(32(34,8)17-27)21(37)16-23-29(5)18-33(19-35,20-36)25(38)28(3,4)22(29)10-11-30(23,31)6/h16,22,24H,10-15,17-19H2,1-9H3/t22?,24-,29-,30+,31+,32-,33?,34+/m0/s1. The van der Waals surface area contributed by atoms with Crippen molar-refractivity contribution in [2.45, 2.75) is 107 Å². The largest absolute Gasteiger partial charge is 0.469 e. The number of hydrogen-bond donors (Lipinski definition) is 0. The van der Waals surface area contributed by atoms with Crippen LogP contribution in [0, 0.1) is 66.5 Å². The molecule has 0 spiro atoms. The van der Waals surface area contributed by atoms with E-state index in [-0.39, 0.29) is 45.6 Å². The van der Waals surface area contributed by atoms with Crippen LogP contribution in [0.1, 0.15) is 107 Å². The van der Waals surface area contributed by atoms with Crippen LogP contribution in [0.25, 0.3) is 0 Å². The number of carbonyl (C=O) groups is 3. The molecule has 0 aromatic rings. The van der Waals surface area contributed by atoms with Gasteiger partial charge in [0.05, 0.1) is 18.6 Å². The highest BCUT2D eigenvalue weighted by atomic mass is 79.9. The van der Waals surface area contributed by atoms with Gasteiger partial charge in [0, 0.05) is 16.7 Å². The molecule has 2 unspecified atom stereocenters. The van der Waals surface area contributed by atoms with Crippen molar-refractivity contribution in [3.63, 3.8) is 0 Å². The van der Waals surface area contributed by atoms with Crippen LogP contribution in [0.4, 0.5) is 0 Å². The second kappa shape index (κ2) is 8.55. The van der Waals surface area contributed by atoms with Crippen molar-refractivity contribution in [1.29, 1.82) is 5.26 Å². The number of esters is 1. The van der Waals surface area contributed by atoms with Crippen LogP contribution in [0.3, 0.4) is 0 Å². The summed E-state index contributed by atoms with van der Waals surface area (Å²) < 4.78 is 5.50. The number of alkyl halides is 1. The second-order valence-corrected chi connectivity index (χ2v) is 17.1. The van der Waals surface area contributed by atoms with Crippen molar-refractivity contribution in [3.05, 3.63) is 11.6 Å². The van der Waals surface area contributed by atoms with Gasteiger partial charge in [-0.1, -0.05) is 76.9 Å². The molecule has 4 saturated carbocycles. The first-order valence-electron chi connectivity index (χ1n) is 15.2. The average Bonchev–Trinajstić information content (AvgIpc) is 2.86. The molecule has 40 heavy (non-hydrogen) atoms. The van der Waals surface area contributed by atoms with Crippen molar-refractivity contribution < 1.29 is 19.1 Å². The SMILES string of the molecule is COC(=O)[C@]12CCC(C)(C)C[C@@]1(C)[C@H]1C(=O)C=C3[C@@]4(C)CC(C#N)(CBr)C(=O)C(C)(C)C4CC[C@@]3(C)[C@]1(C)CC2. The number of methoxy groups -OCH3 is 1. The molecular formula is C34H48BrNO4. The Morgan fingerprint density at radius 3 is 2.17 bits per heavy atom. The summed E-state index contributed by atoms with van der Waals surface area (Å²) >= 11 is 3.55. The van der Waals surface area contributed by atoms with Crippen molar-refractivity contribution in [1.82, 2.24) is 0 Å². The van der Waals surface area contributed by atoms with Crippen LogP contribution in [0.5, 0.6) is 0 Å². The average molecular weight is 615 g/mol. The smallest absolute Gasteiger partial charge is 0.312 e. The van der Waals surface area contributed by atoms with E-state index < -0.39 is 27.1 Å². The number of nitriles is 1. The Kier molecular flexibility index (Phi) is 6.41. The predicted molar refractivity (Wildman–Crippen MR) is 158 cm³/mol. The van der Waals surface area contributed by atoms with Crippen molar-refractivity contribution in [2.24, 2.45) is 55.2 Å². The van der Waals surface area contributed by atoms with Crippen LogP contribution in [-0.4, -0.2) is 30.0 Å². The fourth-order valence-electron chi connectivity index (χ4n) is 12.0. The van der Waals surface area contributed by atoms with Gasteiger partial charge in [-0.15, -0.1) is 0 Å². The van der Waals surface area contributed by atoms with Gasteiger partial charge in [-0.2, -0.15) is 5.26 Å². The lowest BCUT2D eigenvalue weighted by atomic mass is 9.30. The van der Waals surface area contributed by atoms with Crippen molar-refractivity contribution >= 4 is 33.5 Å². The van der Waals surface area contributed by atoms with E-state index in [4.69, 9.17) is 4.74 Å². The van der Waals surface area contributed by atoms with Crippen molar-refractivity contribution in [2.75, 3.05) is 12.4 Å². The topological polar surface area (TPSA) is 84.2 Å². The quantitative estimate of drug-likeness (QED) is 0.236. The first-order chi connectivity index (χ1) is 18.3. The zero-order chi connectivity index (χ0) is 29.9. The van der Waals surface area contributed by atoms with E-state index in [1.54, 1.807) is 0 Å². The number of Topliss-reactive ketones (excluding diaryl/α,β-unsaturated/α-hetero) is 1. The summed E-state index contributed by atoms with van der Waals surface area (Å²) in [5, 5.41) is 10.7. The van der Waals surface area contributed by atoms with E-state index in [0.29, 0.717) is 11.8 Å². The first-order valence-corrected chi connectivity index (χ1v) is 16.3. The summed E-state index contributed by atoms with van der Waals surface area (Å²) in [6.07, 6.45) is 8.17. The van der Waals surface area contributed by atoms with E-state index in [1.807, 2.05) is 19.9 Å². The number of fused-ring (bicyclic) bond motifs is 7. The van der Waals surface area contributed by atoms with Gasteiger partial charge in [0.1, 0.15) is 5.41 Å². The fourth-order valence-corrected chi connectivity index (χ4v) is 12.6.